The number of fused-ring (bicyclic) bond motifs is 2. The quantitative estimate of drug-likeness (QED) is 0.757. The van der Waals surface area contributed by atoms with Crippen molar-refractivity contribution in [3.63, 3.8) is 0 Å². The average Bonchev–Trinajstić information content (AvgIpc) is 3.33. The third kappa shape index (κ3) is 1.98. The van der Waals surface area contributed by atoms with Gasteiger partial charge in [0, 0.05) is 34.8 Å². The van der Waals surface area contributed by atoms with Crippen molar-refractivity contribution in [2.24, 2.45) is 5.92 Å². The number of nitrogens with one attached hydrogen (secondary N) is 2. The molecule has 6 nitrogen and oxygen atoms in total. The second-order valence-corrected chi connectivity index (χ2v) is 6.08. The molecule has 1 aliphatic carbocycles. The van der Waals surface area contributed by atoms with Crippen molar-refractivity contribution >= 4 is 22.7 Å². The molecule has 6 heteroatoms. The molecule has 5 rings (SSSR count). The minimum atomic E-state index is -0.373. The Kier molecular flexibility index (Phi) is 2.50. The zero-order chi connectivity index (χ0) is 15.4. The largest absolute Gasteiger partial charge is 0.441 e. The summed E-state index contributed by atoms with van der Waals surface area (Å²) in [6, 6.07) is 7.90. The van der Waals surface area contributed by atoms with Gasteiger partial charge in [-0.25, -0.2) is 4.79 Å². The van der Waals surface area contributed by atoms with Crippen LogP contribution in [0, 0.1) is 5.92 Å². The van der Waals surface area contributed by atoms with Crippen LogP contribution in [0.3, 0.4) is 0 Å². The van der Waals surface area contributed by atoms with Gasteiger partial charge in [0.15, 0.2) is 0 Å². The van der Waals surface area contributed by atoms with E-state index in [2.05, 4.69) is 26.6 Å². The highest BCUT2D eigenvalue weighted by Crippen LogP contribution is 2.48. The lowest BCUT2D eigenvalue weighted by molar-refractivity contribution is 0.0931. The van der Waals surface area contributed by atoms with Gasteiger partial charge >= 0.3 is 6.09 Å². The molecule has 0 spiro atoms. The summed E-state index contributed by atoms with van der Waals surface area (Å²) in [6.07, 6.45) is 5.21. The summed E-state index contributed by atoms with van der Waals surface area (Å²) in [4.78, 5) is 15.8. The molecular formula is C17H14N4O2. The van der Waals surface area contributed by atoms with Crippen molar-refractivity contribution in [2.75, 3.05) is 5.32 Å². The summed E-state index contributed by atoms with van der Waals surface area (Å²) in [6.45, 7) is 0. The van der Waals surface area contributed by atoms with Crippen molar-refractivity contribution in [3.8, 4) is 11.3 Å². The van der Waals surface area contributed by atoms with Crippen LogP contribution < -0.4 is 5.32 Å². The van der Waals surface area contributed by atoms with E-state index in [0.29, 0.717) is 5.92 Å². The maximum Gasteiger partial charge on any atom is 0.412 e. The standard InChI is InChI=1S/C17H14N4O2/c22-17-19-13-8-14-11(7-12(13)16(23-17)10-1-2-10)15(21-20-14)9-3-5-18-6-4-9/h3-8,10,16H,1-2H2,(H,19,22)(H,20,21). The highest BCUT2D eigenvalue weighted by Gasteiger charge is 2.39. The number of nitrogens with zero attached hydrogens (tertiary/aromatic N) is 2. The van der Waals surface area contributed by atoms with Crippen molar-refractivity contribution in [2.45, 2.75) is 18.9 Å². The summed E-state index contributed by atoms with van der Waals surface area (Å²) in [5.74, 6) is 0.438. The summed E-state index contributed by atoms with van der Waals surface area (Å²) in [5.41, 5.74) is 4.64. The van der Waals surface area contributed by atoms with Crippen LogP contribution in [0.2, 0.25) is 0 Å². The molecule has 1 saturated carbocycles. The van der Waals surface area contributed by atoms with Gasteiger partial charge in [-0.05, 0) is 37.1 Å². The van der Waals surface area contributed by atoms with E-state index < -0.39 is 0 Å². The minimum absolute atomic E-state index is 0.150. The van der Waals surface area contributed by atoms with E-state index in [1.807, 2.05) is 18.2 Å². The second kappa shape index (κ2) is 4.55. The molecule has 2 aromatic heterocycles. The molecule has 0 saturated heterocycles. The number of carbonyl (C=O) groups excluding carboxylic acids is 1. The first-order valence-corrected chi connectivity index (χ1v) is 7.69. The van der Waals surface area contributed by atoms with Gasteiger partial charge in [-0.15, -0.1) is 0 Å². The van der Waals surface area contributed by atoms with Gasteiger partial charge in [-0.3, -0.25) is 15.4 Å². The van der Waals surface area contributed by atoms with Crippen LogP contribution in [-0.2, 0) is 4.74 Å². The molecule has 3 heterocycles. The number of aromatic amines is 1. The summed E-state index contributed by atoms with van der Waals surface area (Å²) in [7, 11) is 0. The average molecular weight is 306 g/mol. The first kappa shape index (κ1) is 12.6. The maximum atomic E-state index is 11.8. The van der Waals surface area contributed by atoms with Gasteiger partial charge in [0.1, 0.15) is 11.8 Å². The number of benzene rings is 1. The Morgan fingerprint density at radius 2 is 2.00 bits per heavy atom. The molecular weight excluding hydrogens is 292 g/mol. The number of carbonyl (C=O) groups is 1. The molecule has 23 heavy (non-hydrogen) atoms. The van der Waals surface area contributed by atoms with Gasteiger partial charge in [-0.2, -0.15) is 5.10 Å². The Morgan fingerprint density at radius 1 is 1.17 bits per heavy atom. The molecule has 114 valence electrons. The Hall–Kier alpha value is -2.89. The number of ether oxygens (including phenoxy) is 1. The molecule has 1 amide bonds. The second-order valence-electron chi connectivity index (χ2n) is 6.08. The lowest BCUT2D eigenvalue weighted by Crippen LogP contribution is -2.25. The molecule has 0 bridgehead atoms. The summed E-state index contributed by atoms with van der Waals surface area (Å²) >= 11 is 0. The molecule has 1 fully saturated rings. The first-order chi connectivity index (χ1) is 11.3. The van der Waals surface area contributed by atoms with Crippen LogP contribution in [-0.4, -0.2) is 21.3 Å². The zero-order valence-electron chi connectivity index (χ0n) is 12.2. The number of aromatic nitrogens is 3. The number of amides is 1. The van der Waals surface area contributed by atoms with Crippen molar-refractivity contribution < 1.29 is 9.53 Å². The van der Waals surface area contributed by atoms with Crippen LogP contribution in [0.5, 0.6) is 0 Å². The summed E-state index contributed by atoms with van der Waals surface area (Å²) < 4.78 is 5.52. The Morgan fingerprint density at radius 3 is 2.78 bits per heavy atom. The number of hydrogen-bond donors (Lipinski definition) is 2. The minimum Gasteiger partial charge on any atom is -0.441 e. The predicted molar refractivity (Wildman–Crippen MR) is 84.9 cm³/mol. The Balaban J connectivity index is 1.71. The number of pyridine rings is 1. The molecule has 1 unspecified atom stereocenters. The van der Waals surface area contributed by atoms with Gasteiger partial charge < -0.3 is 4.74 Å². The molecule has 1 aliphatic heterocycles. The van der Waals surface area contributed by atoms with Crippen LogP contribution >= 0.6 is 0 Å². The zero-order valence-corrected chi connectivity index (χ0v) is 12.2. The van der Waals surface area contributed by atoms with E-state index in [1.54, 1.807) is 12.4 Å². The highest BCUT2D eigenvalue weighted by molar-refractivity contribution is 5.98. The smallest absolute Gasteiger partial charge is 0.412 e. The maximum absolute atomic E-state index is 11.8. The number of hydrogen-bond acceptors (Lipinski definition) is 4. The Bertz CT molecular complexity index is 915. The number of cyclic esters (lactones) is 1. The third-order valence-corrected chi connectivity index (χ3v) is 4.51. The van der Waals surface area contributed by atoms with Crippen LogP contribution in [0.15, 0.2) is 36.7 Å². The van der Waals surface area contributed by atoms with E-state index in [4.69, 9.17) is 4.74 Å². The lowest BCUT2D eigenvalue weighted by Gasteiger charge is -2.26. The van der Waals surface area contributed by atoms with E-state index in [0.717, 1.165) is 46.3 Å². The first-order valence-electron chi connectivity index (χ1n) is 7.69. The number of rotatable bonds is 2. The predicted octanol–water partition coefficient (Wildman–Crippen LogP) is 3.64. The monoisotopic (exact) mass is 306 g/mol. The summed E-state index contributed by atoms with van der Waals surface area (Å²) in [5, 5.41) is 11.3. The van der Waals surface area contributed by atoms with Crippen molar-refractivity contribution in [1.29, 1.82) is 0 Å². The molecule has 1 aromatic carbocycles. The lowest BCUT2D eigenvalue weighted by atomic mass is 9.98. The van der Waals surface area contributed by atoms with Crippen molar-refractivity contribution in [1.82, 2.24) is 15.2 Å². The normalized spacial score (nSPS) is 20.0. The van der Waals surface area contributed by atoms with Gasteiger partial charge in [0.05, 0.1) is 11.2 Å². The van der Waals surface area contributed by atoms with Crippen molar-refractivity contribution in [3.05, 3.63) is 42.2 Å². The van der Waals surface area contributed by atoms with E-state index in [9.17, 15) is 4.79 Å². The van der Waals surface area contributed by atoms with E-state index >= 15 is 0 Å². The fraction of sp³-hybridized carbons (Fsp3) is 0.235. The fourth-order valence-electron chi connectivity index (χ4n) is 3.22. The van der Waals surface area contributed by atoms with Crippen LogP contribution in [0.4, 0.5) is 10.5 Å². The van der Waals surface area contributed by atoms with Gasteiger partial charge in [0.2, 0.25) is 0 Å². The molecule has 2 aliphatic rings. The molecule has 1 atom stereocenters. The SMILES string of the molecule is O=C1Nc2cc3[nH]nc(-c4ccncc4)c3cc2C(C2CC2)O1. The topological polar surface area (TPSA) is 79.9 Å². The highest BCUT2D eigenvalue weighted by atomic mass is 16.6. The molecule has 3 aromatic rings. The van der Waals surface area contributed by atoms with Gasteiger partial charge in [0.25, 0.3) is 0 Å². The molecule has 0 radical (unpaired) electrons. The van der Waals surface area contributed by atoms with Crippen LogP contribution in [0.1, 0.15) is 24.5 Å². The van der Waals surface area contributed by atoms with E-state index in [-0.39, 0.29) is 12.2 Å². The number of anilines is 1. The van der Waals surface area contributed by atoms with E-state index in [1.165, 1.54) is 0 Å². The Labute approximate surface area is 131 Å². The fourth-order valence-corrected chi connectivity index (χ4v) is 3.22. The molecule has 2 N–H and O–H groups in total. The van der Waals surface area contributed by atoms with Gasteiger partial charge in [-0.1, -0.05) is 0 Å². The third-order valence-electron chi connectivity index (χ3n) is 4.51. The number of H-pyrrole nitrogens is 1. The van der Waals surface area contributed by atoms with Crippen LogP contribution in [0.25, 0.3) is 22.2 Å².